The molecule has 0 bridgehead atoms. The van der Waals surface area contributed by atoms with Crippen molar-refractivity contribution in [3.63, 3.8) is 0 Å². The van der Waals surface area contributed by atoms with Crippen molar-refractivity contribution < 1.29 is 18.8 Å². The minimum absolute atomic E-state index is 0.0427. The molecule has 0 unspecified atom stereocenters. The first-order valence-electron chi connectivity index (χ1n) is 7.85. The Balaban J connectivity index is 1.81. The van der Waals surface area contributed by atoms with Gasteiger partial charge in [0, 0.05) is 24.2 Å². The van der Waals surface area contributed by atoms with E-state index in [1.807, 2.05) is 18.2 Å². The first-order chi connectivity index (χ1) is 11.6. The Hall–Kier alpha value is -2.70. The first kappa shape index (κ1) is 16.2. The zero-order chi connectivity index (χ0) is 17.1. The Kier molecular flexibility index (Phi) is 4.59. The van der Waals surface area contributed by atoms with Gasteiger partial charge in [0.15, 0.2) is 5.82 Å². The summed E-state index contributed by atoms with van der Waals surface area (Å²) in [5, 5.41) is 6.59. The summed E-state index contributed by atoms with van der Waals surface area (Å²) in [5.74, 6) is 2.52. The number of likely N-dealkylation sites (tertiary alicyclic amines) is 1. The van der Waals surface area contributed by atoms with Crippen molar-refractivity contribution in [1.29, 1.82) is 0 Å². The molecule has 1 N–H and O–H groups in total. The number of anilines is 1. The molecule has 24 heavy (non-hydrogen) atoms. The van der Waals surface area contributed by atoms with Crippen LogP contribution in [0.5, 0.6) is 11.5 Å². The van der Waals surface area contributed by atoms with Gasteiger partial charge in [0.25, 0.3) is 0 Å². The van der Waals surface area contributed by atoms with Crippen molar-refractivity contribution in [1.82, 2.24) is 10.1 Å². The summed E-state index contributed by atoms with van der Waals surface area (Å²) in [5.41, 5.74) is 0.974. The quantitative estimate of drug-likeness (QED) is 0.929. The SMILES string of the molecule is COc1ccc([C@@H]2CCCN2C(=O)Nc2cc(C)on2)c(OC)c1. The number of amides is 2. The third kappa shape index (κ3) is 3.15. The van der Waals surface area contributed by atoms with E-state index in [0.717, 1.165) is 29.9 Å². The molecule has 1 saturated heterocycles. The van der Waals surface area contributed by atoms with Gasteiger partial charge in [-0.05, 0) is 31.9 Å². The van der Waals surface area contributed by atoms with Crippen molar-refractivity contribution in [3.8, 4) is 11.5 Å². The predicted molar refractivity (Wildman–Crippen MR) is 88.5 cm³/mol. The van der Waals surface area contributed by atoms with Crippen LogP contribution in [0, 0.1) is 6.92 Å². The Labute approximate surface area is 140 Å². The number of rotatable bonds is 4. The second kappa shape index (κ2) is 6.82. The molecule has 2 amide bonds. The fraction of sp³-hybridized carbons (Fsp3) is 0.412. The number of ether oxygens (including phenoxy) is 2. The lowest BCUT2D eigenvalue weighted by molar-refractivity contribution is 0.206. The maximum atomic E-state index is 12.6. The van der Waals surface area contributed by atoms with E-state index >= 15 is 0 Å². The van der Waals surface area contributed by atoms with Crippen molar-refractivity contribution in [3.05, 3.63) is 35.6 Å². The Morgan fingerprint density at radius 2 is 2.17 bits per heavy atom. The summed E-state index contributed by atoms with van der Waals surface area (Å²) in [6, 6.07) is 7.13. The molecule has 0 spiro atoms. The molecule has 2 heterocycles. The maximum Gasteiger partial charge on any atom is 0.323 e. The van der Waals surface area contributed by atoms with Crippen LogP contribution in [-0.2, 0) is 0 Å². The third-order valence-electron chi connectivity index (χ3n) is 4.18. The Morgan fingerprint density at radius 3 is 2.83 bits per heavy atom. The normalized spacial score (nSPS) is 17.0. The second-order valence-electron chi connectivity index (χ2n) is 5.71. The molecule has 1 aliphatic rings. The predicted octanol–water partition coefficient (Wildman–Crippen LogP) is 3.37. The van der Waals surface area contributed by atoms with Crippen molar-refractivity contribution in [2.45, 2.75) is 25.8 Å². The summed E-state index contributed by atoms with van der Waals surface area (Å²) in [7, 11) is 3.24. The summed E-state index contributed by atoms with van der Waals surface area (Å²) in [6.45, 7) is 2.46. The molecular formula is C17H21N3O4. The largest absolute Gasteiger partial charge is 0.497 e. The number of aryl methyl sites for hydroxylation is 1. The van der Waals surface area contributed by atoms with Gasteiger partial charge in [-0.2, -0.15) is 0 Å². The number of urea groups is 1. The van der Waals surface area contributed by atoms with Gasteiger partial charge < -0.3 is 18.9 Å². The van der Waals surface area contributed by atoms with Crippen LogP contribution in [0.4, 0.5) is 10.6 Å². The third-order valence-corrected chi connectivity index (χ3v) is 4.18. The van der Waals surface area contributed by atoms with Gasteiger partial charge in [-0.15, -0.1) is 0 Å². The van der Waals surface area contributed by atoms with E-state index in [0.29, 0.717) is 18.1 Å². The zero-order valence-corrected chi connectivity index (χ0v) is 14.0. The molecule has 0 saturated carbocycles. The number of aromatic nitrogens is 1. The van der Waals surface area contributed by atoms with E-state index < -0.39 is 0 Å². The Bertz CT molecular complexity index is 728. The van der Waals surface area contributed by atoms with E-state index in [2.05, 4.69) is 10.5 Å². The molecule has 1 aromatic carbocycles. The minimum atomic E-state index is -0.191. The highest BCUT2D eigenvalue weighted by atomic mass is 16.5. The van der Waals surface area contributed by atoms with Crippen LogP contribution in [0.1, 0.15) is 30.2 Å². The van der Waals surface area contributed by atoms with Gasteiger partial charge in [-0.1, -0.05) is 5.16 Å². The highest BCUT2D eigenvalue weighted by molar-refractivity contribution is 5.88. The smallest absolute Gasteiger partial charge is 0.323 e. The van der Waals surface area contributed by atoms with E-state index in [1.54, 1.807) is 32.1 Å². The average molecular weight is 331 g/mol. The lowest BCUT2D eigenvalue weighted by Crippen LogP contribution is -2.34. The van der Waals surface area contributed by atoms with E-state index in [9.17, 15) is 4.79 Å². The van der Waals surface area contributed by atoms with Gasteiger partial charge in [-0.25, -0.2) is 4.79 Å². The Morgan fingerprint density at radius 1 is 1.33 bits per heavy atom. The van der Waals surface area contributed by atoms with Crippen LogP contribution < -0.4 is 14.8 Å². The summed E-state index contributed by atoms with van der Waals surface area (Å²) in [4.78, 5) is 14.4. The van der Waals surface area contributed by atoms with Gasteiger partial charge >= 0.3 is 6.03 Å². The molecule has 7 heteroatoms. The minimum Gasteiger partial charge on any atom is -0.497 e. The number of carbonyl (C=O) groups is 1. The monoisotopic (exact) mass is 331 g/mol. The molecule has 1 aliphatic heterocycles. The number of methoxy groups -OCH3 is 2. The number of nitrogens with zero attached hydrogens (tertiary/aromatic N) is 2. The summed E-state index contributed by atoms with van der Waals surface area (Å²) >= 11 is 0. The molecule has 1 atom stereocenters. The lowest BCUT2D eigenvalue weighted by atomic mass is 10.0. The molecular weight excluding hydrogens is 310 g/mol. The zero-order valence-electron chi connectivity index (χ0n) is 14.0. The molecule has 7 nitrogen and oxygen atoms in total. The summed E-state index contributed by atoms with van der Waals surface area (Å²) in [6.07, 6.45) is 1.82. The molecule has 1 aromatic heterocycles. The van der Waals surface area contributed by atoms with Crippen LogP contribution in [0.25, 0.3) is 0 Å². The van der Waals surface area contributed by atoms with Crippen molar-refractivity contribution in [2.75, 3.05) is 26.1 Å². The molecule has 128 valence electrons. The van der Waals surface area contributed by atoms with Crippen molar-refractivity contribution >= 4 is 11.8 Å². The topological polar surface area (TPSA) is 76.8 Å². The van der Waals surface area contributed by atoms with Crippen molar-refractivity contribution in [2.24, 2.45) is 0 Å². The fourth-order valence-corrected chi connectivity index (χ4v) is 3.03. The molecule has 2 aromatic rings. The summed E-state index contributed by atoms with van der Waals surface area (Å²) < 4.78 is 15.7. The second-order valence-corrected chi connectivity index (χ2v) is 5.71. The maximum absolute atomic E-state index is 12.6. The number of hydrogen-bond acceptors (Lipinski definition) is 5. The molecule has 0 radical (unpaired) electrons. The lowest BCUT2D eigenvalue weighted by Gasteiger charge is -2.26. The number of nitrogens with one attached hydrogen (secondary N) is 1. The average Bonchev–Trinajstić information content (AvgIpc) is 3.23. The van der Waals surface area contributed by atoms with Gasteiger partial charge in [0.05, 0.1) is 20.3 Å². The van der Waals surface area contributed by atoms with Crippen LogP contribution in [0.2, 0.25) is 0 Å². The van der Waals surface area contributed by atoms with Crippen LogP contribution in [0.15, 0.2) is 28.8 Å². The molecule has 1 fully saturated rings. The van der Waals surface area contributed by atoms with E-state index in [4.69, 9.17) is 14.0 Å². The van der Waals surface area contributed by atoms with Gasteiger partial charge in [0.2, 0.25) is 0 Å². The van der Waals surface area contributed by atoms with Gasteiger partial charge in [0.1, 0.15) is 17.3 Å². The number of carbonyl (C=O) groups excluding carboxylic acids is 1. The van der Waals surface area contributed by atoms with Gasteiger partial charge in [-0.3, -0.25) is 5.32 Å². The first-order valence-corrected chi connectivity index (χ1v) is 7.85. The van der Waals surface area contributed by atoms with Crippen LogP contribution in [-0.4, -0.2) is 36.9 Å². The fourth-order valence-electron chi connectivity index (χ4n) is 3.03. The van der Waals surface area contributed by atoms with Crippen LogP contribution >= 0.6 is 0 Å². The highest BCUT2D eigenvalue weighted by Crippen LogP contribution is 2.38. The highest BCUT2D eigenvalue weighted by Gasteiger charge is 2.32. The number of hydrogen-bond donors (Lipinski definition) is 1. The van der Waals surface area contributed by atoms with Crippen LogP contribution in [0.3, 0.4) is 0 Å². The molecule has 3 rings (SSSR count). The van der Waals surface area contributed by atoms with E-state index in [1.165, 1.54) is 0 Å². The van der Waals surface area contributed by atoms with E-state index in [-0.39, 0.29) is 12.1 Å². The number of benzene rings is 1. The molecule has 0 aliphatic carbocycles. The standard InChI is InChI=1S/C17H21N3O4/c1-11-9-16(19-24-11)18-17(21)20-8-4-5-14(20)13-7-6-12(22-2)10-15(13)23-3/h6-7,9-10,14H,4-5,8H2,1-3H3,(H,18,19,21)/t14-/m0/s1.